The summed E-state index contributed by atoms with van der Waals surface area (Å²) in [5, 5.41) is 3.42. The third kappa shape index (κ3) is 3.85. The molecule has 2 aromatic rings. The van der Waals surface area contributed by atoms with E-state index in [1.54, 1.807) is 0 Å². The van der Waals surface area contributed by atoms with Gasteiger partial charge < -0.3 is 10.2 Å². The van der Waals surface area contributed by atoms with Crippen LogP contribution in [0.15, 0.2) is 36.4 Å². The van der Waals surface area contributed by atoms with Gasteiger partial charge in [0.05, 0.1) is 0 Å². The van der Waals surface area contributed by atoms with Crippen LogP contribution in [-0.4, -0.2) is 47.1 Å². The van der Waals surface area contributed by atoms with Crippen LogP contribution in [0, 0.1) is 6.92 Å². The Morgan fingerprint density at radius 2 is 1.79 bits per heavy atom. The van der Waals surface area contributed by atoms with Crippen molar-refractivity contribution >= 4 is 11.8 Å². The second kappa shape index (κ2) is 6.77. The highest BCUT2D eigenvalue weighted by atomic mass is 15.3. The van der Waals surface area contributed by atoms with Gasteiger partial charge in [-0.25, -0.2) is 4.98 Å². The number of nitrogens with one attached hydrogen (secondary N) is 1. The lowest BCUT2D eigenvalue weighted by molar-refractivity contribution is 0.249. The summed E-state index contributed by atoms with van der Waals surface area (Å²) in [4.78, 5) is 14.2. The van der Waals surface area contributed by atoms with E-state index in [0.717, 1.165) is 50.2 Å². The second-order valence-electron chi connectivity index (χ2n) is 6.86. The summed E-state index contributed by atoms with van der Waals surface area (Å²) in [5.41, 5.74) is 2.43. The Morgan fingerprint density at radius 1 is 1.04 bits per heavy atom. The predicted molar refractivity (Wildman–Crippen MR) is 97.3 cm³/mol. The van der Waals surface area contributed by atoms with Crippen LogP contribution in [0.3, 0.4) is 0 Å². The molecule has 5 nitrogen and oxygen atoms in total. The normalized spacial score (nSPS) is 18.6. The van der Waals surface area contributed by atoms with Gasteiger partial charge in [-0.3, -0.25) is 4.90 Å². The number of nitrogens with zero attached hydrogens (tertiary/aromatic N) is 4. The summed E-state index contributed by atoms with van der Waals surface area (Å²) in [7, 11) is 0. The van der Waals surface area contributed by atoms with Crippen molar-refractivity contribution in [2.45, 2.75) is 32.4 Å². The van der Waals surface area contributed by atoms with Crippen LogP contribution < -0.4 is 10.2 Å². The zero-order chi connectivity index (χ0) is 16.4. The van der Waals surface area contributed by atoms with Crippen molar-refractivity contribution in [2.75, 3.05) is 36.4 Å². The molecule has 0 amide bonds. The van der Waals surface area contributed by atoms with Crippen molar-refractivity contribution in [3.8, 4) is 0 Å². The molecule has 4 rings (SSSR count). The lowest BCUT2D eigenvalue weighted by atomic mass is 10.2. The van der Waals surface area contributed by atoms with Gasteiger partial charge in [0.2, 0.25) is 5.95 Å². The number of anilines is 2. The van der Waals surface area contributed by atoms with E-state index in [1.807, 2.05) is 0 Å². The Morgan fingerprint density at radius 3 is 2.50 bits per heavy atom. The van der Waals surface area contributed by atoms with Crippen LogP contribution in [0.4, 0.5) is 11.8 Å². The average molecular weight is 323 g/mol. The minimum Gasteiger partial charge on any atom is -0.354 e. The maximum absolute atomic E-state index is 4.73. The molecule has 1 aliphatic heterocycles. The number of hydrogen-bond acceptors (Lipinski definition) is 5. The number of aromatic nitrogens is 2. The second-order valence-corrected chi connectivity index (χ2v) is 6.86. The number of rotatable bonds is 5. The molecule has 1 aromatic heterocycles. The first-order valence-corrected chi connectivity index (χ1v) is 8.90. The van der Waals surface area contributed by atoms with E-state index in [0.29, 0.717) is 6.04 Å². The Bertz CT molecular complexity index is 675. The van der Waals surface area contributed by atoms with Crippen LogP contribution in [0.1, 0.15) is 24.1 Å². The lowest BCUT2D eigenvalue weighted by Crippen LogP contribution is -2.46. The molecule has 126 valence electrons. The van der Waals surface area contributed by atoms with Crippen LogP contribution in [0.2, 0.25) is 0 Å². The average Bonchev–Trinajstić information content (AvgIpc) is 3.40. The SMILES string of the molecule is Cc1cc(N2CCN(Cc3ccccc3)CC2)nc(NC2CC2)n1. The largest absolute Gasteiger partial charge is 0.354 e. The highest BCUT2D eigenvalue weighted by molar-refractivity contribution is 5.46. The van der Waals surface area contributed by atoms with Gasteiger partial charge in [0.25, 0.3) is 0 Å². The first-order chi connectivity index (χ1) is 11.8. The quantitative estimate of drug-likeness (QED) is 0.916. The van der Waals surface area contributed by atoms with E-state index in [4.69, 9.17) is 4.98 Å². The Balaban J connectivity index is 1.37. The Labute approximate surface area is 143 Å². The van der Waals surface area contributed by atoms with Gasteiger partial charge in [-0.2, -0.15) is 4.98 Å². The minimum absolute atomic E-state index is 0.586. The topological polar surface area (TPSA) is 44.3 Å². The van der Waals surface area contributed by atoms with Crippen molar-refractivity contribution in [3.05, 3.63) is 47.7 Å². The highest BCUT2D eigenvalue weighted by Crippen LogP contribution is 2.24. The van der Waals surface area contributed by atoms with Gasteiger partial charge >= 0.3 is 0 Å². The lowest BCUT2D eigenvalue weighted by Gasteiger charge is -2.35. The summed E-state index contributed by atoms with van der Waals surface area (Å²) < 4.78 is 0. The van der Waals surface area contributed by atoms with Gasteiger partial charge in [-0.1, -0.05) is 30.3 Å². The predicted octanol–water partition coefficient (Wildman–Crippen LogP) is 2.68. The molecule has 0 atom stereocenters. The van der Waals surface area contributed by atoms with E-state index in [2.05, 4.69) is 63.4 Å². The molecular formula is C19H25N5. The molecule has 2 heterocycles. The van der Waals surface area contributed by atoms with Crippen LogP contribution in [0.25, 0.3) is 0 Å². The van der Waals surface area contributed by atoms with Crippen molar-refractivity contribution < 1.29 is 0 Å². The fourth-order valence-electron chi connectivity index (χ4n) is 3.17. The van der Waals surface area contributed by atoms with E-state index in [-0.39, 0.29) is 0 Å². The molecule has 0 bridgehead atoms. The molecule has 1 saturated heterocycles. The van der Waals surface area contributed by atoms with Crippen molar-refractivity contribution in [3.63, 3.8) is 0 Å². The fourth-order valence-corrected chi connectivity index (χ4v) is 3.17. The molecule has 0 spiro atoms. The number of piperazine rings is 1. The van der Waals surface area contributed by atoms with Gasteiger partial charge in [0.15, 0.2) is 0 Å². The third-order valence-electron chi connectivity index (χ3n) is 4.70. The molecule has 2 fully saturated rings. The van der Waals surface area contributed by atoms with Crippen LogP contribution >= 0.6 is 0 Å². The van der Waals surface area contributed by atoms with E-state index < -0.39 is 0 Å². The van der Waals surface area contributed by atoms with E-state index in [9.17, 15) is 0 Å². The van der Waals surface area contributed by atoms with Gasteiger partial charge in [0.1, 0.15) is 5.82 Å². The molecule has 5 heteroatoms. The number of aryl methyl sites for hydroxylation is 1. The standard InChI is InChI=1S/C19H25N5/c1-15-13-18(22-19(20-15)21-17-7-8-17)24-11-9-23(10-12-24)14-16-5-3-2-4-6-16/h2-6,13,17H,7-12,14H2,1H3,(H,20,21,22). The van der Waals surface area contributed by atoms with Crippen molar-refractivity contribution in [2.24, 2.45) is 0 Å². The van der Waals surface area contributed by atoms with Crippen LogP contribution in [-0.2, 0) is 6.54 Å². The summed E-state index contributed by atoms with van der Waals surface area (Å²) in [6.07, 6.45) is 2.48. The molecule has 0 radical (unpaired) electrons. The number of hydrogen-bond donors (Lipinski definition) is 1. The van der Waals surface area contributed by atoms with Gasteiger partial charge in [0, 0.05) is 50.5 Å². The molecular weight excluding hydrogens is 298 g/mol. The van der Waals surface area contributed by atoms with E-state index >= 15 is 0 Å². The summed E-state index contributed by atoms with van der Waals surface area (Å²) in [6.45, 7) is 7.27. The summed E-state index contributed by atoms with van der Waals surface area (Å²) in [5.74, 6) is 1.85. The van der Waals surface area contributed by atoms with E-state index in [1.165, 1.54) is 18.4 Å². The first-order valence-electron chi connectivity index (χ1n) is 8.90. The smallest absolute Gasteiger partial charge is 0.225 e. The highest BCUT2D eigenvalue weighted by Gasteiger charge is 2.23. The first kappa shape index (κ1) is 15.4. The molecule has 2 aliphatic rings. The third-order valence-corrected chi connectivity index (χ3v) is 4.70. The Kier molecular flexibility index (Phi) is 4.34. The maximum Gasteiger partial charge on any atom is 0.225 e. The summed E-state index contributed by atoms with van der Waals surface area (Å²) in [6, 6.07) is 13.4. The zero-order valence-electron chi connectivity index (χ0n) is 14.3. The van der Waals surface area contributed by atoms with Crippen molar-refractivity contribution in [1.82, 2.24) is 14.9 Å². The molecule has 0 unspecified atom stereocenters. The zero-order valence-corrected chi connectivity index (χ0v) is 14.3. The molecule has 1 aliphatic carbocycles. The van der Waals surface area contributed by atoms with Gasteiger partial charge in [-0.15, -0.1) is 0 Å². The fraction of sp³-hybridized carbons (Fsp3) is 0.474. The van der Waals surface area contributed by atoms with Crippen molar-refractivity contribution in [1.29, 1.82) is 0 Å². The molecule has 1 aromatic carbocycles. The Hall–Kier alpha value is -2.14. The van der Waals surface area contributed by atoms with Crippen LogP contribution in [0.5, 0.6) is 0 Å². The monoisotopic (exact) mass is 323 g/mol. The molecule has 1 N–H and O–H groups in total. The molecule has 1 saturated carbocycles. The summed E-state index contributed by atoms with van der Waals surface area (Å²) >= 11 is 0. The molecule has 24 heavy (non-hydrogen) atoms. The van der Waals surface area contributed by atoms with Gasteiger partial charge in [-0.05, 0) is 25.3 Å². The number of benzene rings is 1. The minimum atomic E-state index is 0.586. The maximum atomic E-state index is 4.73.